The Morgan fingerprint density at radius 3 is 2.64 bits per heavy atom. The minimum absolute atomic E-state index is 0.267. The summed E-state index contributed by atoms with van der Waals surface area (Å²) in [6.45, 7) is 0. The lowest BCUT2D eigenvalue weighted by Crippen LogP contribution is -1.96. The van der Waals surface area contributed by atoms with E-state index in [1.54, 1.807) is 30.3 Å². The largest absolute Gasteiger partial charge is 0.478 e. The molecule has 0 aliphatic heterocycles. The van der Waals surface area contributed by atoms with Crippen LogP contribution in [0.2, 0.25) is 0 Å². The molecular weight excluding hydrogens is 301 g/mol. The minimum atomic E-state index is -0.936. The Labute approximate surface area is 130 Å². The summed E-state index contributed by atoms with van der Waals surface area (Å²) in [5, 5.41) is 11.7. The highest BCUT2D eigenvalue weighted by Gasteiger charge is 2.07. The van der Waals surface area contributed by atoms with Gasteiger partial charge in [-0.25, -0.2) is 14.2 Å². The smallest absolute Gasteiger partial charge is 0.335 e. The highest BCUT2D eigenvalue weighted by atomic mass is 32.1. The zero-order valence-corrected chi connectivity index (χ0v) is 12.3. The minimum Gasteiger partial charge on any atom is -0.478 e. The van der Waals surface area contributed by atoms with Gasteiger partial charge in [-0.1, -0.05) is 24.3 Å². The number of carboxylic acid groups (broad SMARTS) is 1. The van der Waals surface area contributed by atoms with Crippen LogP contribution in [-0.2, 0) is 6.42 Å². The highest BCUT2D eigenvalue weighted by molar-refractivity contribution is 7.10. The monoisotopic (exact) mass is 313 g/mol. The lowest BCUT2D eigenvalue weighted by Gasteiger charge is -1.99. The molecule has 1 N–H and O–H groups in total. The predicted molar refractivity (Wildman–Crippen MR) is 83.7 cm³/mol. The molecule has 0 saturated carbocycles. The molecular formula is C17H12FNO2S. The highest BCUT2D eigenvalue weighted by Crippen LogP contribution is 2.24. The van der Waals surface area contributed by atoms with Crippen LogP contribution in [0.5, 0.6) is 0 Å². The van der Waals surface area contributed by atoms with Crippen LogP contribution in [0.25, 0.3) is 11.3 Å². The predicted octanol–water partition coefficient (Wildman–Crippen LogP) is 4.24. The summed E-state index contributed by atoms with van der Waals surface area (Å²) in [4.78, 5) is 15.3. The summed E-state index contributed by atoms with van der Waals surface area (Å²) in [6, 6.07) is 13.1. The van der Waals surface area contributed by atoms with Crippen LogP contribution >= 0.6 is 11.3 Å². The van der Waals surface area contributed by atoms with Gasteiger partial charge in [0.05, 0.1) is 16.3 Å². The lowest BCUT2D eigenvalue weighted by molar-refractivity contribution is 0.0697. The second-order valence-electron chi connectivity index (χ2n) is 4.82. The Morgan fingerprint density at radius 1 is 1.18 bits per heavy atom. The molecule has 0 fully saturated rings. The van der Waals surface area contributed by atoms with E-state index in [-0.39, 0.29) is 11.4 Å². The van der Waals surface area contributed by atoms with Crippen molar-refractivity contribution in [2.75, 3.05) is 0 Å². The number of hydrogen-bond acceptors (Lipinski definition) is 3. The molecule has 0 atom stereocenters. The standard InChI is InChI=1S/C17H12FNO2S/c18-14-3-1-2-13(9-14)15-10-22-16(19-15)8-11-4-6-12(7-5-11)17(20)21/h1-7,9-10H,8H2,(H,20,21). The summed E-state index contributed by atoms with van der Waals surface area (Å²) in [5.41, 5.74) is 2.76. The van der Waals surface area contributed by atoms with Crippen LogP contribution in [0, 0.1) is 5.82 Å². The fraction of sp³-hybridized carbons (Fsp3) is 0.0588. The van der Waals surface area contributed by atoms with Gasteiger partial charge in [0.25, 0.3) is 0 Å². The van der Waals surface area contributed by atoms with Gasteiger partial charge >= 0.3 is 5.97 Å². The van der Waals surface area contributed by atoms with Crippen molar-refractivity contribution >= 4 is 17.3 Å². The molecule has 3 rings (SSSR count). The third-order valence-electron chi connectivity index (χ3n) is 3.23. The van der Waals surface area contributed by atoms with E-state index in [2.05, 4.69) is 4.98 Å². The van der Waals surface area contributed by atoms with Crippen molar-refractivity contribution in [3.63, 3.8) is 0 Å². The molecule has 0 radical (unpaired) electrons. The first kappa shape index (κ1) is 14.4. The van der Waals surface area contributed by atoms with Crippen LogP contribution in [0.1, 0.15) is 20.9 Å². The maximum atomic E-state index is 13.2. The van der Waals surface area contributed by atoms with Crippen molar-refractivity contribution < 1.29 is 14.3 Å². The first-order valence-corrected chi connectivity index (χ1v) is 7.52. The van der Waals surface area contributed by atoms with Crippen LogP contribution in [0.15, 0.2) is 53.9 Å². The fourth-order valence-corrected chi connectivity index (χ4v) is 2.95. The molecule has 0 bridgehead atoms. The van der Waals surface area contributed by atoms with Gasteiger partial charge in [-0.2, -0.15) is 0 Å². The molecule has 0 unspecified atom stereocenters. The number of thiazole rings is 1. The quantitative estimate of drug-likeness (QED) is 0.784. The molecule has 110 valence electrons. The summed E-state index contributed by atoms with van der Waals surface area (Å²) >= 11 is 1.51. The summed E-state index contributed by atoms with van der Waals surface area (Å²) < 4.78 is 13.2. The first-order valence-electron chi connectivity index (χ1n) is 6.64. The molecule has 2 aromatic carbocycles. The molecule has 0 saturated heterocycles. The molecule has 5 heteroatoms. The number of carbonyl (C=O) groups is 1. The molecule has 3 aromatic rings. The van der Waals surface area contributed by atoms with E-state index in [4.69, 9.17) is 5.11 Å². The molecule has 3 nitrogen and oxygen atoms in total. The second kappa shape index (κ2) is 6.07. The number of aromatic nitrogens is 1. The average molecular weight is 313 g/mol. The fourth-order valence-electron chi connectivity index (χ4n) is 2.11. The van der Waals surface area contributed by atoms with E-state index in [1.165, 1.54) is 23.5 Å². The summed E-state index contributed by atoms with van der Waals surface area (Å²) in [5.74, 6) is -1.22. The van der Waals surface area contributed by atoms with E-state index in [9.17, 15) is 9.18 Å². The van der Waals surface area contributed by atoms with Crippen molar-refractivity contribution in [2.24, 2.45) is 0 Å². The lowest BCUT2D eigenvalue weighted by atomic mass is 10.1. The van der Waals surface area contributed by atoms with Crippen LogP contribution in [0.4, 0.5) is 4.39 Å². The summed E-state index contributed by atoms with van der Waals surface area (Å²) in [7, 11) is 0. The molecule has 0 amide bonds. The van der Waals surface area contributed by atoms with Crippen LogP contribution < -0.4 is 0 Å². The van der Waals surface area contributed by atoms with Gasteiger partial charge in [0.15, 0.2) is 0 Å². The zero-order chi connectivity index (χ0) is 15.5. The van der Waals surface area contributed by atoms with Crippen molar-refractivity contribution in [3.05, 3.63) is 75.9 Å². The molecule has 0 spiro atoms. The van der Waals surface area contributed by atoms with Gasteiger partial charge in [-0.3, -0.25) is 0 Å². The Bertz CT molecular complexity index is 812. The van der Waals surface area contributed by atoms with E-state index in [0.29, 0.717) is 6.42 Å². The van der Waals surface area contributed by atoms with Crippen LogP contribution in [-0.4, -0.2) is 16.1 Å². The summed E-state index contributed by atoms with van der Waals surface area (Å²) in [6.07, 6.45) is 0.625. The van der Waals surface area contributed by atoms with E-state index in [0.717, 1.165) is 21.8 Å². The van der Waals surface area contributed by atoms with Crippen LogP contribution in [0.3, 0.4) is 0 Å². The number of nitrogens with zero attached hydrogens (tertiary/aromatic N) is 1. The number of carboxylic acids is 1. The molecule has 0 aliphatic carbocycles. The number of halogens is 1. The van der Waals surface area contributed by atoms with E-state index >= 15 is 0 Å². The molecule has 1 aromatic heterocycles. The SMILES string of the molecule is O=C(O)c1ccc(Cc2nc(-c3cccc(F)c3)cs2)cc1. The molecule has 22 heavy (non-hydrogen) atoms. The Balaban J connectivity index is 1.78. The Kier molecular flexibility index (Phi) is 3.98. The van der Waals surface area contributed by atoms with Gasteiger partial charge in [0, 0.05) is 17.4 Å². The maximum absolute atomic E-state index is 13.2. The van der Waals surface area contributed by atoms with Gasteiger partial charge in [-0.15, -0.1) is 11.3 Å². The topological polar surface area (TPSA) is 50.2 Å². The number of rotatable bonds is 4. The van der Waals surface area contributed by atoms with E-state index in [1.807, 2.05) is 11.4 Å². The van der Waals surface area contributed by atoms with Crippen molar-refractivity contribution in [2.45, 2.75) is 6.42 Å². The Hall–Kier alpha value is -2.53. The normalized spacial score (nSPS) is 10.6. The molecule has 1 heterocycles. The zero-order valence-electron chi connectivity index (χ0n) is 11.5. The van der Waals surface area contributed by atoms with Gasteiger partial charge in [-0.05, 0) is 29.8 Å². The second-order valence-corrected chi connectivity index (χ2v) is 5.76. The van der Waals surface area contributed by atoms with E-state index < -0.39 is 5.97 Å². The van der Waals surface area contributed by atoms with Gasteiger partial charge < -0.3 is 5.11 Å². The van der Waals surface area contributed by atoms with Gasteiger partial charge in [0.2, 0.25) is 0 Å². The van der Waals surface area contributed by atoms with Crippen molar-refractivity contribution in [3.8, 4) is 11.3 Å². The molecule has 0 aliphatic rings. The average Bonchev–Trinajstić information content (AvgIpc) is 2.96. The maximum Gasteiger partial charge on any atom is 0.335 e. The number of aromatic carboxylic acids is 1. The third-order valence-corrected chi connectivity index (χ3v) is 4.08. The first-order chi connectivity index (χ1) is 10.6. The van der Waals surface area contributed by atoms with Crippen molar-refractivity contribution in [1.29, 1.82) is 0 Å². The van der Waals surface area contributed by atoms with Gasteiger partial charge in [0.1, 0.15) is 5.82 Å². The number of benzene rings is 2. The Morgan fingerprint density at radius 2 is 1.95 bits per heavy atom. The van der Waals surface area contributed by atoms with Crippen molar-refractivity contribution in [1.82, 2.24) is 4.98 Å². The number of hydrogen-bond donors (Lipinski definition) is 1. The third kappa shape index (κ3) is 3.20.